The monoisotopic (exact) mass is 486 g/mol. The molecule has 10 nitrogen and oxygen atoms in total. The second kappa shape index (κ2) is 11.6. The summed E-state index contributed by atoms with van der Waals surface area (Å²) in [6, 6.07) is 6.24. The van der Waals surface area contributed by atoms with Crippen LogP contribution in [-0.4, -0.2) is 45.5 Å². The first kappa shape index (κ1) is 25.8. The first-order valence-corrected chi connectivity index (χ1v) is 11.1. The summed E-state index contributed by atoms with van der Waals surface area (Å²) >= 11 is 0. The van der Waals surface area contributed by atoms with Crippen molar-refractivity contribution in [2.75, 3.05) is 28.4 Å². The van der Waals surface area contributed by atoms with Crippen LogP contribution in [0.25, 0.3) is 11.1 Å². The zero-order valence-corrected chi connectivity index (χ0v) is 20.2. The smallest absolute Gasteiger partial charge is 0.243 e. The van der Waals surface area contributed by atoms with Crippen molar-refractivity contribution in [1.82, 2.24) is 10.8 Å². The first-order chi connectivity index (χ1) is 16.9. The predicted octanol–water partition coefficient (Wildman–Crippen LogP) is 2.53. The Bertz CT molecular complexity index is 1160. The van der Waals surface area contributed by atoms with E-state index in [1.807, 2.05) is 6.07 Å². The summed E-state index contributed by atoms with van der Waals surface area (Å²) in [7, 11) is 6.02. The molecule has 3 rings (SSSR count). The summed E-state index contributed by atoms with van der Waals surface area (Å²) in [5, 5.41) is 11.6. The van der Waals surface area contributed by atoms with Crippen LogP contribution in [0.2, 0.25) is 0 Å². The maximum absolute atomic E-state index is 12.9. The standard InChI is InChI=1S/C25H30N2O8/c1-32-19-11-9-15-16(13-18(19)28)17(26-21(29)6-5-7-22(30)27-31)10-8-14-12-20(33-2)24(34-3)25(35-4)23(14)15/h9,11-13,17,31H,5-8,10H2,1-4H3,(H,26,29)(H,27,30)/t17-/m0/s1. The highest BCUT2D eigenvalue weighted by Gasteiger charge is 2.29. The average Bonchev–Trinajstić information content (AvgIpc) is 3.11. The van der Waals surface area contributed by atoms with Crippen LogP contribution in [0.15, 0.2) is 29.1 Å². The van der Waals surface area contributed by atoms with Crippen LogP contribution in [0.5, 0.6) is 23.0 Å². The largest absolute Gasteiger partial charge is 0.493 e. The lowest BCUT2D eigenvalue weighted by molar-refractivity contribution is -0.129. The number of benzene rings is 1. The highest BCUT2D eigenvalue weighted by Crippen LogP contribution is 2.50. The van der Waals surface area contributed by atoms with E-state index in [0.29, 0.717) is 41.2 Å². The van der Waals surface area contributed by atoms with Crippen molar-refractivity contribution in [3.05, 3.63) is 45.6 Å². The number of rotatable bonds is 9. The second-order valence-corrected chi connectivity index (χ2v) is 8.01. The van der Waals surface area contributed by atoms with E-state index in [9.17, 15) is 14.4 Å². The molecule has 0 bridgehead atoms. The van der Waals surface area contributed by atoms with Crippen LogP contribution < -0.4 is 35.2 Å². The fourth-order valence-corrected chi connectivity index (χ4v) is 4.35. The van der Waals surface area contributed by atoms with Crippen LogP contribution >= 0.6 is 0 Å². The molecule has 0 aromatic heterocycles. The molecule has 0 saturated heterocycles. The van der Waals surface area contributed by atoms with Crippen molar-refractivity contribution in [2.45, 2.75) is 38.1 Å². The molecule has 10 heteroatoms. The van der Waals surface area contributed by atoms with Gasteiger partial charge in [0.1, 0.15) is 0 Å². The van der Waals surface area contributed by atoms with Gasteiger partial charge in [0.2, 0.25) is 23.0 Å². The van der Waals surface area contributed by atoms with E-state index in [1.54, 1.807) is 24.7 Å². The Hall–Kier alpha value is -3.79. The number of ether oxygens (including phenoxy) is 4. The third-order valence-corrected chi connectivity index (χ3v) is 5.99. The predicted molar refractivity (Wildman–Crippen MR) is 127 cm³/mol. The Balaban J connectivity index is 2.12. The number of amides is 2. The third kappa shape index (κ3) is 5.48. The summed E-state index contributed by atoms with van der Waals surface area (Å²) in [5.41, 5.74) is 4.19. The quantitative estimate of drug-likeness (QED) is 0.364. The van der Waals surface area contributed by atoms with Crippen LogP contribution in [-0.2, 0) is 16.0 Å². The number of carbonyl (C=O) groups is 2. The Morgan fingerprint density at radius 1 is 0.943 bits per heavy atom. The molecule has 2 amide bonds. The summed E-state index contributed by atoms with van der Waals surface area (Å²) in [6.45, 7) is 0. The highest BCUT2D eigenvalue weighted by atomic mass is 16.5. The van der Waals surface area contributed by atoms with Crippen LogP contribution in [0.3, 0.4) is 0 Å². The highest BCUT2D eigenvalue weighted by molar-refractivity contribution is 5.84. The SMILES string of the molecule is COc1cc2c(c(OC)c1OC)-c1ccc(OC)c(=O)cc1[C@@H](NC(=O)CCCC(=O)NO)CC2. The van der Waals surface area contributed by atoms with E-state index in [2.05, 4.69) is 5.32 Å². The van der Waals surface area contributed by atoms with Crippen molar-refractivity contribution in [2.24, 2.45) is 0 Å². The van der Waals surface area contributed by atoms with Gasteiger partial charge >= 0.3 is 0 Å². The number of methoxy groups -OCH3 is 4. The number of carbonyl (C=O) groups excluding carboxylic acids is 2. The molecule has 0 unspecified atom stereocenters. The minimum atomic E-state index is -0.557. The molecule has 0 radical (unpaired) electrons. The number of hydrogen-bond acceptors (Lipinski definition) is 8. The number of fused-ring (bicyclic) bond motifs is 3. The molecule has 0 heterocycles. The van der Waals surface area contributed by atoms with Gasteiger partial charge in [-0.15, -0.1) is 0 Å². The van der Waals surface area contributed by atoms with Gasteiger partial charge in [-0.1, -0.05) is 6.07 Å². The normalized spacial score (nSPS) is 14.0. The first-order valence-electron chi connectivity index (χ1n) is 11.1. The average molecular weight is 487 g/mol. The van der Waals surface area contributed by atoms with Crippen LogP contribution in [0.4, 0.5) is 0 Å². The fraction of sp³-hybridized carbons (Fsp3) is 0.400. The zero-order chi connectivity index (χ0) is 25.5. The minimum absolute atomic E-state index is 0.0181. The molecular weight excluding hydrogens is 456 g/mol. The van der Waals surface area contributed by atoms with Gasteiger partial charge in [-0.05, 0) is 54.2 Å². The second-order valence-electron chi connectivity index (χ2n) is 8.01. The molecule has 0 saturated carbocycles. The summed E-state index contributed by atoms with van der Waals surface area (Å²) < 4.78 is 22.1. The van der Waals surface area contributed by atoms with E-state index in [4.69, 9.17) is 24.2 Å². The molecule has 0 aliphatic heterocycles. The molecule has 1 aliphatic carbocycles. The van der Waals surface area contributed by atoms with E-state index < -0.39 is 11.9 Å². The van der Waals surface area contributed by atoms with Crippen molar-refractivity contribution >= 4 is 11.8 Å². The molecule has 1 atom stereocenters. The van der Waals surface area contributed by atoms with Crippen molar-refractivity contribution in [3.63, 3.8) is 0 Å². The van der Waals surface area contributed by atoms with Gasteiger partial charge in [-0.25, -0.2) is 5.48 Å². The van der Waals surface area contributed by atoms with Crippen molar-refractivity contribution in [3.8, 4) is 34.1 Å². The summed E-state index contributed by atoms with van der Waals surface area (Å²) in [5.74, 6) is 0.729. The molecular formula is C25H30N2O8. The maximum atomic E-state index is 12.9. The molecule has 0 spiro atoms. The lowest BCUT2D eigenvalue weighted by Gasteiger charge is -2.20. The molecule has 2 aromatic carbocycles. The molecule has 3 N–H and O–H groups in total. The maximum Gasteiger partial charge on any atom is 0.243 e. The fourth-order valence-electron chi connectivity index (χ4n) is 4.35. The van der Waals surface area contributed by atoms with Gasteiger partial charge < -0.3 is 24.3 Å². The number of aryl methyl sites for hydroxylation is 1. The Morgan fingerprint density at radius 3 is 2.26 bits per heavy atom. The molecule has 2 aromatic rings. The molecule has 0 fully saturated rings. The Labute approximate surface area is 203 Å². The molecule has 35 heavy (non-hydrogen) atoms. The van der Waals surface area contributed by atoms with E-state index >= 15 is 0 Å². The summed E-state index contributed by atoms with van der Waals surface area (Å²) in [6.07, 6.45) is 1.44. The van der Waals surface area contributed by atoms with Crippen LogP contribution in [0.1, 0.15) is 42.9 Å². The van der Waals surface area contributed by atoms with Crippen molar-refractivity contribution in [1.29, 1.82) is 0 Å². The Kier molecular flexibility index (Phi) is 8.53. The van der Waals surface area contributed by atoms with Gasteiger partial charge in [0.15, 0.2) is 17.2 Å². The molecule has 1 aliphatic rings. The van der Waals surface area contributed by atoms with E-state index in [1.165, 1.54) is 27.4 Å². The topological polar surface area (TPSA) is 132 Å². The lowest BCUT2D eigenvalue weighted by Crippen LogP contribution is -2.29. The van der Waals surface area contributed by atoms with Crippen LogP contribution in [0, 0.1) is 0 Å². The minimum Gasteiger partial charge on any atom is -0.493 e. The zero-order valence-electron chi connectivity index (χ0n) is 20.2. The van der Waals surface area contributed by atoms with Gasteiger partial charge in [0.05, 0.1) is 34.5 Å². The number of nitrogens with one attached hydrogen (secondary N) is 2. The molecule has 188 valence electrons. The van der Waals surface area contributed by atoms with E-state index in [-0.39, 0.29) is 36.3 Å². The van der Waals surface area contributed by atoms with Gasteiger partial charge in [0, 0.05) is 18.4 Å². The van der Waals surface area contributed by atoms with E-state index in [0.717, 1.165) is 11.1 Å². The van der Waals surface area contributed by atoms with Gasteiger partial charge in [0.25, 0.3) is 0 Å². The third-order valence-electron chi connectivity index (χ3n) is 5.99. The van der Waals surface area contributed by atoms with Gasteiger partial charge in [-0.2, -0.15) is 0 Å². The van der Waals surface area contributed by atoms with Gasteiger partial charge in [-0.3, -0.25) is 19.6 Å². The number of hydrogen-bond donors (Lipinski definition) is 3. The van der Waals surface area contributed by atoms with Crippen molar-refractivity contribution < 1.29 is 33.7 Å². The Morgan fingerprint density at radius 2 is 1.63 bits per heavy atom. The lowest BCUT2D eigenvalue weighted by atomic mass is 9.95. The number of hydroxylamine groups is 1. The summed E-state index contributed by atoms with van der Waals surface area (Å²) in [4.78, 5) is 36.8.